The van der Waals surface area contributed by atoms with Crippen molar-refractivity contribution in [1.29, 1.82) is 0 Å². The predicted octanol–water partition coefficient (Wildman–Crippen LogP) is 7.80. The third kappa shape index (κ3) is 5.31. The average Bonchev–Trinajstić information content (AvgIpc) is 3.52. The lowest BCUT2D eigenvalue weighted by atomic mass is 10.2. The van der Waals surface area contributed by atoms with E-state index in [0.717, 1.165) is 36.4 Å². The molecule has 0 bridgehead atoms. The first-order chi connectivity index (χ1) is 18.6. The summed E-state index contributed by atoms with van der Waals surface area (Å²) < 4.78 is 17.8. The summed E-state index contributed by atoms with van der Waals surface area (Å²) >= 11 is 4.45. The van der Waals surface area contributed by atoms with Crippen molar-refractivity contribution in [2.24, 2.45) is 0 Å². The minimum atomic E-state index is -0.205. The highest BCUT2D eigenvalue weighted by Gasteiger charge is 2.15. The molecule has 0 spiro atoms. The lowest BCUT2D eigenvalue weighted by Gasteiger charge is -2.09. The van der Waals surface area contributed by atoms with Crippen molar-refractivity contribution in [3.63, 3.8) is 0 Å². The molecule has 0 atom stereocenters. The van der Waals surface area contributed by atoms with Crippen LogP contribution >= 0.6 is 34.9 Å². The number of hydrogen-bond acceptors (Lipinski definition) is 6. The molecule has 0 radical (unpaired) electrons. The molecular weight excluding hydrogens is 536 g/mol. The standard InChI is InChI=1S/C29H21FN4OS3/c30-22-11-5-4-8-19(22)17-37-29-33-24-15-14-20(16-26(24)38-29)31-27(35)18-36-28-32-23-12-6-7-13-25(23)34(28)21-9-2-1-3-10-21/h1-16H,17-18H2,(H,31,35). The maximum atomic E-state index is 13.9. The van der Waals surface area contributed by atoms with Crippen LogP contribution < -0.4 is 5.32 Å². The molecule has 5 nitrogen and oxygen atoms in total. The molecule has 1 amide bonds. The van der Waals surface area contributed by atoms with Gasteiger partial charge >= 0.3 is 0 Å². The smallest absolute Gasteiger partial charge is 0.234 e. The summed E-state index contributed by atoms with van der Waals surface area (Å²) in [4.78, 5) is 22.3. The van der Waals surface area contributed by atoms with E-state index in [1.165, 1.54) is 40.9 Å². The number of anilines is 1. The minimum Gasteiger partial charge on any atom is -0.325 e. The molecule has 38 heavy (non-hydrogen) atoms. The summed E-state index contributed by atoms with van der Waals surface area (Å²) in [6.45, 7) is 0. The normalized spacial score (nSPS) is 11.3. The van der Waals surface area contributed by atoms with E-state index in [9.17, 15) is 9.18 Å². The molecule has 2 heterocycles. The number of amides is 1. The van der Waals surface area contributed by atoms with Crippen molar-refractivity contribution >= 4 is 67.7 Å². The highest BCUT2D eigenvalue weighted by molar-refractivity contribution is 8.00. The van der Waals surface area contributed by atoms with Crippen LogP contribution in [0.3, 0.4) is 0 Å². The molecule has 4 aromatic carbocycles. The quantitative estimate of drug-likeness (QED) is 0.194. The highest BCUT2D eigenvalue weighted by atomic mass is 32.2. The van der Waals surface area contributed by atoms with Gasteiger partial charge in [0.05, 0.1) is 27.0 Å². The molecule has 6 aromatic rings. The van der Waals surface area contributed by atoms with E-state index < -0.39 is 0 Å². The van der Waals surface area contributed by atoms with Crippen molar-refractivity contribution in [2.75, 3.05) is 11.1 Å². The van der Waals surface area contributed by atoms with Crippen LogP contribution in [0.15, 0.2) is 107 Å². The number of thioether (sulfide) groups is 2. The van der Waals surface area contributed by atoms with Gasteiger partial charge in [0.1, 0.15) is 5.82 Å². The Morgan fingerprint density at radius 2 is 1.66 bits per heavy atom. The maximum Gasteiger partial charge on any atom is 0.234 e. The Morgan fingerprint density at radius 3 is 2.53 bits per heavy atom. The molecule has 0 fully saturated rings. The van der Waals surface area contributed by atoms with Crippen LogP contribution in [0, 0.1) is 5.82 Å². The number of para-hydroxylation sites is 3. The van der Waals surface area contributed by atoms with Gasteiger partial charge in [0.25, 0.3) is 0 Å². The number of fused-ring (bicyclic) bond motifs is 2. The van der Waals surface area contributed by atoms with Gasteiger partial charge in [-0.1, -0.05) is 72.1 Å². The Morgan fingerprint density at radius 1 is 0.868 bits per heavy atom. The van der Waals surface area contributed by atoms with Crippen LogP contribution in [0.2, 0.25) is 0 Å². The molecule has 1 N–H and O–H groups in total. The third-order valence-corrected chi connectivity index (χ3v) is 8.99. The second kappa shape index (κ2) is 11.0. The van der Waals surface area contributed by atoms with Gasteiger partial charge in [-0.05, 0) is 54.1 Å². The number of thiazole rings is 1. The number of rotatable bonds is 8. The van der Waals surface area contributed by atoms with Gasteiger partial charge in [-0.15, -0.1) is 11.3 Å². The second-order valence-electron chi connectivity index (χ2n) is 8.43. The van der Waals surface area contributed by atoms with E-state index in [0.29, 0.717) is 17.0 Å². The monoisotopic (exact) mass is 556 g/mol. The van der Waals surface area contributed by atoms with Crippen LogP contribution in [0.1, 0.15) is 5.56 Å². The largest absolute Gasteiger partial charge is 0.325 e. The van der Waals surface area contributed by atoms with Crippen LogP contribution in [0.5, 0.6) is 0 Å². The van der Waals surface area contributed by atoms with E-state index in [1.54, 1.807) is 12.1 Å². The zero-order valence-corrected chi connectivity index (χ0v) is 22.5. The van der Waals surface area contributed by atoms with Crippen molar-refractivity contribution < 1.29 is 9.18 Å². The number of hydrogen-bond donors (Lipinski definition) is 1. The summed E-state index contributed by atoms with van der Waals surface area (Å²) in [6, 6.07) is 30.5. The van der Waals surface area contributed by atoms with E-state index >= 15 is 0 Å². The van der Waals surface area contributed by atoms with Gasteiger partial charge in [-0.3, -0.25) is 9.36 Å². The Labute approximate surface area is 231 Å². The number of carbonyl (C=O) groups is 1. The molecule has 0 unspecified atom stereocenters. The van der Waals surface area contributed by atoms with Gasteiger partial charge in [0, 0.05) is 17.1 Å². The van der Waals surface area contributed by atoms with Gasteiger partial charge < -0.3 is 5.32 Å². The fraction of sp³-hybridized carbons (Fsp3) is 0.0690. The average molecular weight is 557 g/mol. The molecule has 0 aliphatic carbocycles. The summed E-state index contributed by atoms with van der Waals surface area (Å²) in [5.74, 6) is 0.421. The number of carbonyl (C=O) groups excluding carboxylic acids is 1. The van der Waals surface area contributed by atoms with Crippen LogP contribution in [0.4, 0.5) is 10.1 Å². The Hall–Kier alpha value is -3.66. The summed E-state index contributed by atoms with van der Waals surface area (Å²) in [5, 5.41) is 3.76. The number of benzene rings is 4. The van der Waals surface area contributed by atoms with Crippen LogP contribution in [0.25, 0.3) is 26.9 Å². The molecule has 0 aliphatic rings. The first kappa shape index (κ1) is 24.7. The molecule has 2 aromatic heterocycles. The minimum absolute atomic E-state index is 0.111. The van der Waals surface area contributed by atoms with Crippen LogP contribution in [-0.2, 0) is 10.5 Å². The first-order valence-electron chi connectivity index (χ1n) is 11.9. The van der Waals surface area contributed by atoms with Crippen molar-refractivity contribution in [3.05, 3.63) is 108 Å². The zero-order valence-electron chi connectivity index (χ0n) is 20.0. The Bertz CT molecular complexity index is 1750. The molecule has 188 valence electrons. The Kier molecular flexibility index (Phi) is 7.13. The lowest BCUT2D eigenvalue weighted by molar-refractivity contribution is -0.113. The molecule has 9 heteroatoms. The highest BCUT2D eigenvalue weighted by Crippen LogP contribution is 2.33. The van der Waals surface area contributed by atoms with Crippen molar-refractivity contribution in [1.82, 2.24) is 14.5 Å². The number of aromatic nitrogens is 3. The van der Waals surface area contributed by atoms with E-state index in [-0.39, 0.29) is 17.5 Å². The molecule has 6 rings (SSSR count). The SMILES string of the molecule is O=C(CSc1nc2ccccc2n1-c1ccccc1)Nc1ccc2nc(SCc3ccccc3F)sc2c1. The second-order valence-corrected chi connectivity index (χ2v) is 11.6. The van der Waals surface area contributed by atoms with Gasteiger partial charge in [-0.2, -0.15) is 0 Å². The topological polar surface area (TPSA) is 59.8 Å². The van der Waals surface area contributed by atoms with Crippen molar-refractivity contribution in [3.8, 4) is 5.69 Å². The summed E-state index contributed by atoms with van der Waals surface area (Å²) in [6.07, 6.45) is 0. The molecular formula is C29H21FN4OS3. The zero-order chi connectivity index (χ0) is 25.9. The molecule has 0 saturated heterocycles. The van der Waals surface area contributed by atoms with Gasteiger partial charge in [0.2, 0.25) is 5.91 Å². The van der Waals surface area contributed by atoms with Crippen LogP contribution in [-0.4, -0.2) is 26.2 Å². The lowest BCUT2D eigenvalue weighted by Crippen LogP contribution is -2.14. The summed E-state index contributed by atoms with van der Waals surface area (Å²) in [5.41, 5.74) is 5.12. The third-order valence-electron chi connectivity index (χ3n) is 5.84. The Balaban J connectivity index is 1.14. The molecule has 0 aliphatic heterocycles. The fourth-order valence-electron chi connectivity index (χ4n) is 4.05. The number of halogens is 1. The molecule has 0 saturated carbocycles. The van der Waals surface area contributed by atoms with Gasteiger partial charge in [0.15, 0.2) is 9.50 Å². The first-order valence-corrected chi connectivity index (χ1v) is 14.7. The predicted molar refractivity (Wildman–Crippen MR) is 156 cm³/mol. The van der Waals surface area contributed by atoms with Crippen molar-refractivity contribution in [2.45, 2.75) is 15.2 Å². The summed E-state index contributed by atoms with van der Waals surface area (Å²) in [7, 11) is 0. The van der Waals surface area contributed by atoms with E-state index in [2.05, 4.69) is 14.9 Å². The fourth-order valence-corrected chi connectivity index (χ4v) is 6.97. The van der Waals surface area contributed by atoms with E-state index in [4.69, 9.17) is 4.98 Å². The van der Waals surface area contributed by atoms with E-state index in [1.807, 2.05) is 78.9 Å². The number of nitrogens with zero attached hydrogens (tertiary/aromatic N) is 3. The maximum absolute atomic E-state index is 13.9. The number of imidazole rings is 1. The number of nitrogens with one attached hydrogen (secondary N) is 1. The van der Waals surface area contributed by atoms with Gasteiger partial charge in [-0.25, -0.2) is 14.4 Å².